The highest BCUT2D eigenvalue weighted by molar-refractivity contribution is 5.98. The molecule has 5 rings (SSSR count). The van der Waals surface area contributed by atoms with E-state index in [9.17, 15) is 14.0 Å². The van der Waals surface area contributed by atoms with Gasteiger partial charge in [-0.05, 0) is 56.1 Å². The Morgan fingerprint density at radius 1 is 1.09 bits per heavy atom. The summed E-state index contributed by atoms with van der Waals surface area (Å²) in [6, 6.07) is 11.9. The fourth-order valence-electron chi connectivity index (χ4n) is 4.77. The van der Waals surface area contributed by atoms with Crippen molar-refractivity contribution in [1.82, 2.24) is 20.5 Å². The number of carbonyl (C=O) groups is 2. The summed E-state index contributed by atoms with van der Waals surface area (Å²) in [6.07, 6.45) is 1.79. The highest BCUT2D eigenvalue weighted by Crippen LogP contribution is 2.24. The van der Waals surface area contributed by atoms with Crippen LogP contribution in [0.4, 0.5) is 4.39 Å². The molecule has 0 saturated carbocycles. The van der Waals surface area contributed by atoms with Crippen LogP contribution in [0.3, 0.4) is 0 Å². The molecular formula is C25H28FN5O3. The van der Waals surface area contributed by atoms with Crippen molar-refractivity contribution in [3.63, 3.8) is 0 Å². The first-order valence-electron chi connectivity index (χ1n) is 11.6. The quantitative estimate of drug-likeness (QED) is 0.725. The molecule has 2 aromatic carbocycles. The van der Waals surface area contributed by atoms with Gasteiger partial charge in [-0.15, -0.1) is 5.10 Å². The Morgan fingerprint density at radius 3 is 2.62 bits per heavy atom. The van der Waals surface area contributed by atoms with E-state index in [-0.39, 0.29) is 11.5 Å². The third-order valence-electron chi connectivity index (χ3n) is 6.78. The number of ether oxygens (including phenoxy) is 1. The second-order valence-corrected chi connectivity index (χ2v) is 9.10. The molecule has 2 N–H and O–H groups in total. The summed E-state index contributed by atoms with van der Waals surface area (Å²) in [5, 5.41) is 7.52. The van der Waals surface area contributed by atoms with E-state index in [0.29, 0.717) is 44.4 Å². The van der Waals surface area contributed by atoms with E-state index in [4.69, 9.17) is 4.74 Å². The lowest BCUT2D eigenvalue weighted by atomic mass is 9.98. The maximum Gasteiger partial charge on any atom is 0.257 e. The van der Waals surface area contributed by atoms with E-state index in [2.05, 4.69) is 15.8 Å². The van der Waals surface area contributed by atoms with Crippen molar-refractivity contribution in [3.05, 3.63) is 65.0 Å². The first-order chi connectivity index (χ1) is 16.4. The minimum atomic E-state index is -0.609. The Hall–Kier alpha value is -3.46. The highest BCUT2D eigenvalue weighted by Gasteiger charge is 2.40. The van der Waals surface area contributed by atoms with Crippen molar-refractivity contribution in [2.75, 3.05) is 32.7 Å². The fraction of sp³-hybridized carbons (Fsp3) is 0.400. The zero-order valence-corrected chi connectivity index (χ0v) is 19.1. The van der Waals surface area contributed by atoms with Crippen molar-refractivity contribution in [3.8, 4) is 5.75 Å². The van der Waals surface area contributed by atoms with Crippen molar-refractivity contribution in [2.24, 2.45) is 5.10 Å². The smallest absolute Gasteiger partial charge is 0.257 e. The van der Waals surface area contributed by atoms with Gasteiger partial charge in [0, 0.05) is 31.7 Å². The van der Waals surface area contributed by atoms with Crippen LogP contribution in [0.2, 0.25) is 0 Å². The van der Waals surface area contributed by atoms with Gasteiger partial charge in [-0.1, -0.05) is 18.2 Å². The molecule has 34 heavy (non-hydrogen) atoms. The molecule has 2 amide bonds. The summed E-state index contributed by atoms with van der Waals surface area (Å²) >= 11 is 0. The van der Waals surface area contributed by atoms with E-state index in [1.807, 2.05) is 31.2 Å². The molecule has 0 radical (unpaired) electrons. The van der Waals surface area contributed by atoms with E-state index < -0.39 is 17.3 Å². The molecule has 178 valence electrons. The molecule has 2 fully saturated rings. The van der Waals surface area contributed by atoms with Crippen LogP contribution in [-0.2, 0) is 11.3 Å². The molecule has 1 unspecified atom stereocenters. The molecule has 0 aliphatic carbocycles. The SMILES string of the molecule is CC1(C(=O)N2CCN(C(=O)c3cc(OC4=NNCc5ccccc54)ccc3F)CC2)CCCN1. The van der Waals surface area contributed by atoms with Gasteiger partial charge in [-0.25, -0.2) is 4.39 Å². The lowest BCUT2D eigenvalue weighted by Crippen LogP contribution is -2.58. The lowest BCUT2D eigenvalue weighted by molar-refractivity contribution is -0.138. The summed E-state index contributed by atoms with van der Waals surface area (Å²) in [7, 11) is 0. The van der Waals surface area contributed by atoms with Crippen molar-refractivity contribution in [1.29, 1.82) is 0 Å². The molecule has 0 spiro atoms. The van der Waals surface area contributed by atoms with Gasteiger partial charge in [0.25, 0.3) is 5.91 Å². The fourth-order valence-corrected chi connectivity index (χ4v) is 4.77. The van der Waals surface area contributed by atoms with Crippen LogP contribution in [0.25, 0.3) is 0 Å². The average Bonchev–Trinajstić information content (AvgIpc) is 3.32. The van der Waals surface area contributed by atoms with Crippen LogP contribution in [-0.4, -0.2) is 65.8 Å². The predicted molar refractivity (Wildman–Crippen MR) is 125 cm³/mol. The van der Waals surface area contributed by atoms with Crippen molar-refractivity contribution >= 4 is 17.7 Å². The second kappa shape index (κ2) is 9.06. The molecule has 0 bridgehead atoms. The number of amides is 2. The topological polar surface area (TPSA) is 86.3 Å². The van der Waals surface area contributed by atoms with Gasteiger partial charge >= 0.3 is 0 Å². The number of rotatable bonds is 3. The summed E-state index contributed by atoms with van der Waals surface area (Å²) in [5.41, 5.74) is 4.23. The van der Waals surface area contributed by atoms with Crippen LogP contribution in [0.1, 0.15) is 41.3 Å². The number of nitrogens with one attached hydrogen (secondary N) is 2. The largest absolute Gasteiger partial charge is 0.437 e. The van der Waals surface area contributed by atoms with Gasteiger partial charge in [0.2, 0.25) is 11.8 Å². The van der Waals surface area contributed by atoms with E-state index in [0.717, 1.165) is 30.5 Å². The third kappa shape index (κ3) is 4.23. The minimum absolute atomic E-state index is 0.0562. The van der Waals surface area contributed by atoms with Crippen LogP contribution in [0.15, 0.2) is 47.6 Å². The Labute approximate surface area is 197 Å². The van der Waals surface area contributed by atoms with E-state index in [1.165, 1.54) is 18.2 Å². The third-order valence-corrected chi connectivity index (χ3v) is 6.78. The van der Waals surface area contributed by atoms with Gasteiger partial charge in [-0.3, -0.25) is 9.59 Å². The van der Waals surface area contributed by atoms with Crippen molar-refractivity contribution < 1.29 is 18.7 Å². The molecule has 2 saturated heterocycles. The average molecular weight is 466 g/mol. The van der Waals surface area contributed by atoms with Crippen LogP contribution >= 0.6 is 0 Å². The number of hydrogen-bond donors (Lipinski definition) is 2. The van der Waals surface area contributed by atoms with Gasteiger partial charge in [-0.2, -0.15) is 0 Å². The number of piperazine rings is 1. The molecule has 3 heterocycles. The first-order valence-corrected chi connectivity index (χ1v) is 11.6. The Balaban J connectivity index is 1.26. The number of hydrazone groups is 1. The van der Waals surface area contributed by atoms with Gasteiger partial charge in [0.05, 0.1) is 17.6 Å². The van der Waals surface area contributed by atoms with Crippen LogP contribution in [0, 0.1) is 5.82 Å². The molecule has 8 nitrogen and oxygen atoms in total. The predicted octanol–water partition coefficient (Wildman–Crippen LogP) is 2.10. The van der Waals surface area contributed by atoms with E-state index in [1.54, 1.807) is 9.80 Å². The minimum Gasteiger partial charge on any atom is -0.437 e. The summed E-state index contributed by atoms with van der Waals surface area (Å²) in [6.45, 7) is 4.94. The lowest BCUT2D eigenvalue weighted by Gasteiger charge is -2.38. The zero-order chi connectivity index (χ0) is 23.7. The molecule has 3 aliphatic rings. The summed E-state index contributed by atoms with van der Waals surface area (Å²) < 4.78 is 20.6. The number of benzene rings is 2. The summed E-state index contributed by atoms with van der Waals surface area (Å²) in [4.78, 5) is 29.4. The number of nitrogens with zero attached hydrogens (tertiary/aromatic N) is 3. The highest BCUT2D eigenvalue weighted by atomic mass is 19.1. The second-order valence-electron chi connectivity index (χ2n) is 9.10. The Bertz CT molecular complexity index is 1140. The first kappa shape index (κ1) is 22.3. The monoisotopic (exact) mass is 465 g/mol. The molecule has 0 aromatic heterocycles. The van der Waals surface area contributed by atoms with Crippen LogP contribution < -0.4 is 15.5 Å². The summed E-state index contributed by atoms with van der Waals surface area (Å²) in [5.74, 6) is -0.253. The molecule has 3 aliphatic heterocycles. The van der Waals surface area contributed by atoms with E-state index >= 15 is 0 Å². The molecular weight excluding hydrogens is 437 g/mol. The van der Waals surface area contributed by atoms with Gasteiger partial charge in [0.1, 0.15) is 11.6 Å². The van der Waals surface area contributed by atoms with Crippen molar-refractivity contribution in [2.45, 2.75) is 31.8 Å². The molecule has 2 aromatic rings. The maximum atomic E-state index is 14.6. The Morgan fingerprint density at radius 2 is 1.85 bits per heavy atom. The number of hydrogen-bond acceptors (Lipinski definition) is 6. The Kier molecular flexibility index (Phi) is 5.95. The zero-order valence-electron chi connectivity index (χ0n) is 19.1. The number of carbonyl (C=O) groups excluding carboxylic acids is 2. The van der Waals surface area contributed by atoms with Gasteiger partial charge < -0.3 is 25.3 Å². The van der Waals surface area contributed by atoms with Crippen LogP contribution in [0.5, 0.6) is 5.75 Å². The number of halogens is 1. The molecule has 1 atom stereocenters. The molecule has 9 heteroatoms. The standard InChI is InChI=1S/C25H28FN5O3/c1-25(9-4-10-27-25)24(33)31-13-11-30(12-14-31)23(32)20-15-18(7-8-21(20)26)34-22-19-6-3-2-5-17(19)16-28-29-22/h2-3,5-8,15,27-28H,4,9-14,16H2,1H3. The number of fused-ring (bicyclic) bond motifs is 1. The van der Waals surface area contributed by atoms with Gasteiger partial charge in [0.15, 0.2) is 0 Å². The maximum absolute atomic E-state index is 14.6. The normalized spacial score (nSPS) is 22.0.